The van der Waals surface area contributed by atoms with E-state index in [1.807, 2.05) is 35.7 Å². The molecule has 4 aromatic rings. The number of amides is 1. The van der Waals surface area contributed by atoms with Crippen molar-refractivity contribution in [2.75, 3.05) is 11.2 Å². The lowest BCUT2D eigenvalue weighted by atomic mass is 10.2. The monoisotopic (exact) mass is 440 g/mol. The van der Waals surface area contributed by atoms with E-state index >= 15 is 0 Å². The number of halogens is 1. The Kier molecular flexibility index (Phi) is 5.77. The number of benzene rings is 2. The van der Waals surface area contributed by atoms with Crippen molar-refractivity contribution in [3.8, 4) is 22.6 Å². The van der Waals surface area contributed by atoms with Crippen molar-refractivity contribution >= 4 is 34.1 Å². The van der Waals surface area contributed by atoms with Gasteiger partial charge in [0.25, 0.3) is 0 Å². The lowest BCUT2D eigenvalue weighted by Crippen LogP contribution is -2.23. The maximum Gasteiger partial charge on any atom is 0.239 e. The van der Waals surface area contributed by atoms with Gasteiger partial charge in [0, 0.05) is 16.5 Å². The van der Waals surface area contributed by atoms with Gasteiger partial charge in [-0.05, 0) is 31.2 Å². The van der Waals surface area contributed by atoms with E-state index in [0.29, 0.717) is 21.7 Å². The van der Waals surface area contributed by atoms with Gasteiger partial charge < -0.3 is 11.2 Å². The van der Waals surface area contributed by atoms with Crippen LogP contribution in [0.25, 0.3) is 22.6 Å². The van der Waals surface area contributed by atoms with Crippen LogP contribution >= 0.6 is 23.1 Å². The molecular formula is C20H17FN6OS2. The average molecular weight is 441 g/mol. The molecule has 0 saturated carbocycles. The van der Waals surface area contributed by atoms with E-state index in [9.17, 15) is 9.18 Å². The molecule has 0 aliphatic rings. The van der Waals surface area contributed by atoms with E-state index < -0.39 is 5.25 Å². The number of nitrogen functional groups attached to an aromatic ring is 1. The summed E-state index contributed by atoms with van der Waals surface area (Å²) in [6, 6.07) is 15.5. The summed E-state index contributed by atoms with van der Waals surface area (Å²) < 4.78 is 14.4. The molecule has 1 amide bonds. The van der Waals surface area contributed by atoms with E-state index in [4.69, 9.17) is 5.84 Å². The average Bonchev–Trinajstić information content (AvgIpc) is 3.36. The molecule has 152 valence electrons. The number of carbonyl (C=O) groups is 1. The molecule has 0 bridgehead atoms. The summed E-state index contributed by atoms with van der Waals surface area (Å²) >= 11 is 2.54. The molecule has 1 atom stereocenters. The third-order valence-corrected chi connectivity index (χ3v) is 6.04. The Bertz CT molecular complexity index is 1160. The highest BCUT2D eigenvalue weighted by atomic mass is 32.2. The first-order chi connectivity index (χ1) is 14.5. The maximum absolute atomic E-state index is 13.1. The van der Waals surface area contributed by atoms with Crippen LogP contribution < -0.4 is 11.2 Å². The number of nitrogens with zero attached hydrogens (tertiary/aromatic N) is 4. The largest absolute Gasteiger partial charge is 0.335 e. The van der Waals surface area contributed by atoms with Crippen molar-refractivity contribution in [1.82, 2.24) is 19.9 Å². The molecule has 1 unspecified atom stereocenters. The van der Waals surface area contributed by atoms with E-state index in [1.165, 1.54) is 39.9 Å². The van der Waals surface area contributed by atoms with Crippen LogP contribution in [0.15, 0.2) is 65.1 Å². The Labute approximate surface area is 180 Å². The molecule has 0 spiro atoms. The highest BCUT2D eigenvalue weighted by molar-refractivity contribution is 8.00. The molecule has 2 heterocycles. The number of hydrogen-bond acceptors (Lipinski definition) is 7. The molecule has 2 aromatic heterocycles. The first-order valence-corrected chi connectivity index (χ1v) is 10.7. The van der Waals surface area contributed by atoms with Crippen LogP contribution in [-0.2, 0) is 4.79 Å². The van der Waals surface area contributed by atoms with Gasteiger partial charge >= 0.3 is 0 Å². The van der Waals surface area contributed by atoms with Crippen LogP contribution in [0.3, 0.4) is 0 Å². The Morgan fingerprint density at radius 3 is 2.60 bits per heavy atom. The van der Waals surface area contributed by atoms with Gasteiger partial charge in [-0.15, -0.1) is 21.5 Å². The standard InChI is InChI=1S/C20H17FN6OS2/c1-12(18(28)24-19-23-16(11-29-19)13-5-3-2-4-6-13)30-20-26-25-17(27(20)22)14-7-9-15(21)10-8-14/h2-12H,22H2,1H3,(H,23,24,28). The topological polar surface area (TPSA) is 98.7 Å². The van der Waals surface area contributed by atoms with Crippen LogP contribution in [0.4, 0.5) is 9.52 Å². The molecule has 30 heavy (non-hydrogen) atoms. The third kappa shape index (κ3) is 4.34. The summed E-state index contributed by atoms with van der Waals surface area (Å²) in [6.45, 7) is 1.75. The fourth-order valence-electron chi connectivity index (χ4n) is 2.64. The summed E-state index contributed by atoms with van der Waals surface area (Å²) in [5, 5.41) is 13.2. The van der Waals surface area contributed by atoms with Crippen LogP contribution in [0.1, 0.15) is 6.92 Å². The summed E-state index contributed by atoms with van der Waals surface area (Å²) in [5.41, 5.74) is 2.43. The van der Waals surface area contributed by atoms with Crippen molar-refractivity contribution in [1.29, 1.82) is 0 Å². The first-order valence-electron chi connectivity index (χ1n) is 8.96. The summed E-state index contributed by atoms with van der Waals surface area (Å²) in [7, 11) is 0. The maximum atomic E-state index is 13.1. The predicted octanol–water partition coefficient (Wildman–Crippen LogP) is 4.04. The molecule has 3 N–H and O–H groups in total. The van der Waals surface area contributed by atoms with Gasteiger partial charge in [0.15, 0.2) is 11.0 Å². The van der Waals surface area contributed by atoms with Crippen molar-refractivity contribution < 1.29 is 9.18 Å². The van der Waals surface area contributed by atoms with E-state index in [1.54, 1.807) is 19.1 Å². The molecule has 0 aliphatic heterocycles. The number of carbonyl (C=O) groups excluding carboxylic acids is 1. The smallest absolute Gasteiger partial charge is 0.239 e. The molecular weight excluding hydrogens is 423 g/mol. The molecule has 0 saturated heterocycles. The highest BCUT2D eigenvalue weighted by Gasteiger charge is 2.21. The van der Waals surface area contributed by atoms with Crippen molar-refractivity contribution in [2.45, 2.75) is 17.3 Å². The van der Waals surface area contributed by atoms with E-state index in [0.717, 1.165) is 11.3 Å². The molecule has 0 aliphatic carbocycles. The summed E-state index contributed by atoms with van der Waals surface area (Å²) in [6.07, 6.45) is 0. The zero-order valence-electron chi connectivity index (χ0n) is 15.8. The minimum absolute atomic E-state index is 0.222. The number of aromatic nitrogens is 4. The molecule has 10 heteroatoms. The second-order valence-corrected chi connectivity index (χ2v) is 8.50. The van der Waals surface area contributed by atoms with Crippen molar-refractivity contribution in [3.05, 3.63) is 65.8 Å². The lowest BCUT2D eigenvalue weighted by molar-refractivity contribution is -0.115. The number of nitrogens with one attached hydrogen (secondary N) is 1. The predicted molar refractivity (Wildman–Crippen MR) is 117 cm³/mol. The SMILES string of the molecule is CC(Sc1nnc(-c2ccc(F)cc2)n1N)C(=O)Nc1nc(-c2ccccc2)cs1. The van der Waals surface area contributed by atoms with Crippen LogP contribution in [0, 0.1) is 5.82 Å². The second-order valence-electron chi connectivity index (χ2n) is 6.34. The van der Waals surface area contributed by atoms with Gasteiger partial charge in [-0.25, -0.2) is 14.1 Å². The quantitative estimate of drug-likeness (QED) is 0.347. The van der Waals surface area contributed by atoms with Gasteiger partial charge in [0.2, 0.25) is 11.1 Å². The Morgan fingerprint density at radius 2 is 1.87 bits per heavy atom. The Hall–Kier alpha value is -3.24. The molecule has 7 nitrogen and oxygen atoms in total. The number of hydrogen-bond donors (Lipinski definition) is 2. The van der Waals surface area contributed by atoms with Gasteiger partial charge in [-0.2, -0.15) is 0 Å². The summed E-state index contributed by atoms with van der Waals surface area (Å²) in [5.74, 6) is 5.89. The number of nitrogens with two attached hydrogens (primary N) is 1. The molecule has 0 fully saturated rings. The fraction of sp³-hybridized carbons (Fsp3) is 0.100. The van der Waals surface area contributed by atoms with Crippen molar-refractivity contribution in [2.24, 2.45) is 0 Å². The minimum atomic E-state index is -0.485. The van der Waals surface area contributed by atoms with Gasteiger partial charge in [0.1, 0.15) is 5.82 Å². The third-order valence-electron chi connectivity index (χ3n) is 4.22. The fourth-order valence-corrected chi connectivity index (χ4v) is 4.14. The number of anilines is 1. The molecule has 4 rings (SSSR count). The first kappa shape index (κ1) is 20.0. The normalized spacial score (nSPS) is 11.9. The highest BCUT2D eigenvalue weighted by Crippen LogP contribution is 2.28. The van der Waals surface area contributed by atoms with E-state index in [-0.39, 0.29) is 11.7 Å². The van der Waals surface area contributed by atoms with Crippen LogP contribution in [0.5, 0.6) is 0 Å². The van der Waals surface area contributed by atoms with Crippen molar-refractivity contribution in [3.63, 3.8) is 0 Å². The zero-order valence-corrected chi connectivity index (χ0v) is 17.5. The van der Waals surface area contributed by atoms with Gasteiger partial charge in [0.05, 0.1) is 10.9 Å². The minimum Gasteiger partial charge on any atom is -0.335 e. The zero-order chi connectivity index (χ0) is 21.1. The van der Waals surface area contributed by atoms with Crippen LogP contribution in [0.2, 0.25) is 0 Å². The van der Waals surface area contributed by atoms with Gasteiger partial charge in [-0.1, -0.05) is 42.1 Å². The van der Waals surface area contributed by atoms with Crippen LogP contribution in [-0.4, -0.2) is 31.0 Å². The summed E-state index contributed by atoms with van der Waals surface area (Å²) in [4.78, 5) is 17.1. The number of thiazole rings is 1. The molecule has 2 aromatic carbocycles. The Balaban J connectivity index is 1.42. The Morgan fingerprint density at radius 1 is 1.13 bits per heavy atom. The van der Waals surface area contributed by atoms with Gasteiger partial charge in [-0.3, -0.25) is 4.79 Å². The lowest BCUT2D eigenvalue weighted by Gasteiger charge is -2.10. The second kappa shape index (κ2) is 8.64. The number of thioether (sulfide) groups is 1. The number of rotatable bonds is 6. The van der Waals surface area contributed by atoms with E-state index in [2.05, 4.69) is 20.5 Å². The molecule has 0 radical (unpaired) electrons.